The number of ether oxygens (including phenoxy) is 1. The van der Waals surface area contributed by atoms with Gasteiger partial charge in [0, 0.05) is 16.3 Å². The molecule has 3 N–H and O–H groups in total. The molecule has 0 aliphatic carbocycles. The summed E-state index contributed by atoms with van der Waals surface area (Å²) < 4.78 is 4.77. The van der Waals surface area contributed by atoms with Crippen LogP contribution in [0, 0.1) is 6.92 Å². The van der Waals surface area contributed by atoms with Crippen LogP contribution in [0.3, 0.4) is 0 Å². The lowest BCUT2D eigenvalue weighted by Gasteiger charge is -2.10. The Morgan fingerprint density at radius 2 is 2.28 bits per heavy atom. The molecule has 0 radical (unpaired) electrons. The number of benzene rings is 1. The van der Waals surface area contributed by atoms with Crippen LogP contribution in [-0.4, -0.2) is 29.5 Å². The van der Waals surface area contributed by atoms with E-state index < -0.39 is 6.10 Å². The van der Waals surface area contributed by atoms with Crippen molar-refractivity contribution < 1.29 is 14.6 Å². The highest BCUT2D eigenvalue weighted by atomic mass is 32.2. The first-order valence-electron chi connectivity index (χ1n) is 5.85. The normalized spacial score (nSPS) is 12.2. The zero-order chi connectivity index (χ0) is 13.5. The fourth-order valence-corrected chi connectivity index (χ4v) is 2.33. The van der Waals surface area contributed by atoms with Crippen LogP contribution in [0.2, 0.25) is 0 Å². The van der Waals surface area contributed by atoms with Gasteiger partial charge in [-0.3, -0.25) is 4.79 Å². The maximum absolute atomic E-state index is 11.2. The summed E-state index contributed by atoms with van der Waals surface area (Å²) in [5, 5.41) is 9.69. The summed E-state index contributed by atoms with van der Waals surface area (Å²) in [5.74, 6) is 0.0985. The minimum Gasteiger partial charge on any atom is -0.466 e. The van der Waals surface area contributed by atoms with E-state index in [1.807, 2.05) is 25.1 Å². The number of aryl methyl sites for hydroxylation is 1. The first kappa shape index (κ1) is 14.9. The van der Waals surface area contributed by atoms with Gasteiger partial charge in [-0.05, 0) is 37.6 Å². The molecular formula is C13H19NO3S. The van der Waals surface area contributed by atoms with Gasteiger partial charge in [0.1, 0.15) is 0 Å². The second-order valence-electron chi connectivity index (χ2n) is 3.99. The number of nitrogen functional groups attached to an aromatic ring is 1. The Balaban J connectivity index is 2.40. The topological polar surface area (TPSA) is 72.5 Å². The molecule has 100 valence electrons. The highest BCUT2D eigenvalue weighted by Gasteiger charge is 2.12. The molecule has 0 fully saturated rings. The smallest absolute Gasteiger partial charge is 0.308 e. The van der Waals surface area contributed by atoms with Crippen molar-refractivity contribution in [3.63, 3.8) is 0 Å². The molecule has 0 bridgehead atoms. The molecule has 0 aliphatic heterocycles. The Bertz CT molecular complexity index is 409. The molecule has 0 saturated carbocycles. The number of hydrogen-bond donors (Lipinski definition) is 2. The van der Waals surface area contributed by atoms with E-state index in [1.54, 1.807) is 6.92 Å². The lowest BCUT2D eigenvalue weighted by Crippen LogP contribution is -2.17. The molecule has 1 aromatic carbocycles. The third kappa shape index (κ3) is 4.98. The maximum Gasteiger partial charge on any atom is 0.308 e. The maximum atomic E-state index is 11.2. The van der Waals surface area contributed by atoms with Crippen LogP contribution in [-0.2, 0) is 9.53 Å². The van der Waals surface area contributed by atoms with Crippen LogP contribution >= 0.6 is 11.8 Å². The lowest BCUT2D eigenvalue weighted by molar-refractivity contribution is -0.144. The molecule has 18 heavy (non-hydrogen) atoms. The number of hydrogen-bond acceptors (Lipinski definition) is 5. The summed E-state index contributed by atoms with van der Waals surface area (Å²) >= 11 is 1.50. The third-order valence-corrected chi connectivity index (χ3v) is 3.53. The molecule has 1 aromatic rings. The largest absolute Gasteiger partial charge is 0.466 e. The quantitative estimate of drug-likeness (QED) is 0.469. The number of carbonyl (C=O) groups is 1. The molecule has 0 spiro atoms. The standard InChI is InChI=1S/C13H19NO3S/c1-3-17-13(16)7-10(15)8-18-11-4-5-12(14)9(2)6-11/h4-6,10,15H,3,7-8,14H2,1-2H3. The highest BCUT2D eigenvalue weighted by Crippen LogP contribution is 2.23. The average Bonchev–Trinajstić information content (AvgIpc) is 2.31. The van der Waals surface area contributed by atoms with E-state index in [1.165, 1.54) is 11.8 Å². The van der Waals surface area contributed by atoms with Gasteiger partial charge in [-0.2, -0.15) is 0 Å². The van der Waals surface area contributed by atoms with Gasteiger partial charge in [0.15, 0.2) is 0 Å². The number of carbonyl (C=O) groups excluding carboxylic acids is 1. The Kier molecular flexibility index (Phi) is 6.01. The molecule has 1 rings (SSSR count). The van der Waals surface area contributed by atoms with E-state index in [-0.39, 0.29) is 12.4 Å². The molecule has 0 amide bonds. The zero-order valence-corrected chi connectivity index (χ0v) is 11.5. The van der Waals surface area contributed by atoms with Gasteiger partial charge in [0.25, 0.3) is 0 Å². The number of anilines is 1. The van der Waals surface area contributed by atoms with Crippen LogP contribution in [0.5, 0.6) is 0 Å². The van der Waals surface area contributed by atoms with Crippen molar-refractivity contribution in [2.45, 2.75) is 31.3 Å². The van der Waals surface area contributed by atoms with Gasteiger partial charge in [-0.1, -0.05) is 0 Å². The first-order valence-corrected chi connectivity index (χ1v) is 6.84. The van der Waals surface area contributed by atoms with Crippen molar-refractivity contribution >= 4 is 23.4 Å². The number of thioether (sulfide) groups is 1. The minimum atomic E-state index is -0.688. The summed E-state index contributed by atoms with van der Waals surface area (Å²) in [6.45, 7) is 4.03. The van der Waals surface area contributed by atoms with Gasteiger partial charge in [0.2, 0.25) is 0 Å². The Morgan fingerprint density at radius 1 is 1.56 bits per heavy atom. The van der Waals surface area contributed by atoms with E-state index in [4.69, 9.17) is 10.5 Å². The molecule has 0 aliphatic rings. The second kappa shape index (κ2) is 7.28. The van der Waals surface area contributed by atoms with Crippen molar-refractivity contribution in [3.05, 3.63) is 23.8 Å². The molecule has 1 atom stereocenters. The molecule has 0 saturated heterocycles. The Morgan fingerprint density at radius 3 is 2.89 bits per heavy atom. The van der Waals surface area contributed by atoms with Gasteiger partial charge < -0.3 is 15.6 Å². The van der Waals surface area contributed by atoms with Crippen LogP contribution in [0.1, 0.15) is 18.9 Å². The SMILES string of the molecule is CCOC(=O)CC(O)CSc1ccc(N)c(C)c1. The van der Waals surface area contributed by atoms with Crippen LogP contribution in [0.25, 0.3) is 0 Å². The molecular weight excluding hydrogens is 250 g/mol. The van der Waals surface area contributed by atoms with E-state index in [2.05, 4.69) is 0 Å². The first-order chi connectivity index (χ1) is 8.52. The van der Waals surface area contributed by atoms with Crippen LogP contribution in [0.4, 0.5) is 5.69 Å². The van der Waals surface area contributed by atoms with Gasteiger partial charge in [0.05, 0.1) is 19.1 Å². The fourth-order valence-electron chi connectivity index (χ4n) is 1.40. The molecule has 5 heteroatoms. The second-order valence-corrected chi connectivity index (χ2v) is 5.09. The highest BCUT2D eigenvalue weighted by molar-refractivity contribution is 7.99. The van der Waals surface area contributed by atoms with E-state index in [0.29, 0.717) is 12.4 Å². The zero-order valence-electron chi connectivity index (χ0n) is 10.7. The van der Waals surface area contributed by atoms with Crippen molar-refractivity contribution in [2.75, 3.05) is 18.1 Å². The van der Waals surface area contributed by atoms with E-state index >= 15 is 0 Å². The van der Waals surface area contributed by atoms with Crippen molar-refractivity contribution in [1.29, 1.82) is 0 Å². The van der Waals surface area contributed by atoms with E-state index in [0.717, 1.165) is 16.1 Å². The summed E-state index contributed by atoms with van der Waals surface area (Å²) in [5.41, 5.74) is 7.49. The molecule has 0 heterocycles. The van der Waals surface area contributed by atoms with Crippen molar-refractivity contribution in [3.8, 4) is 0 Å². The van der Waals surface area contributed by atoms with Crippen molar-refractivity contribution in [2.24, 2.45) is 0 Å². The van der Waals surface area contributed by atoms with Gasteiger partial charge in [-0.15, -0.1) is 11.8 Å². The Hall–Kier alpha value is -1.20. The lowest BCUT2D eigenvalue weighted by atomic mass is 10.2. The predicted molar refractivity (Wildman–Crippen MR) is 73.6 cm³/mol. The summed E-state index contributed by atoms with van der Waals surface area (Å²) in [6, 6.07) is 5.72. The summed E-state index contributed by atoms with van der Waals surface area (Å²) in [7, 11) is 0. The number of aliphatic hydroxyl groups excluding tert-OH is 1. The summed E-state index contributed by atoms with van der Waals surface area (Å²) in [4.78, 5) is 12.2. The molecule has 1 unspecified atom stereocenters. The summed E-state index contributed by atoms with van der Waals surface area (Å²) in [6.07, 6.45) is -0.652. The minimum absolute atomic E-state index is 0.0365. The monoisotopic (exact) mass is 269 g/mol. The fraction of sp³-hybridized carbons (Fsp3) is 0.462. The Labute approximate surface area is 112 Å². The van der Waals surface area contributed by atoms with Crippen LogP contribution < -0.4 is 5.73 Å². The number of rotatable bonds is 6. The average molecular weight is 269 g/mol. The third-order valence-electron chi connectivity index (χ3n) is 2.39. The predicted octanol–water partition coefficient (Wildman–Crippen LogP) is 1.98. The molecule has 0 aromatic heterocycles. The van der Waals surface area contributed by atoms with Gasteiger partial charge in [-0.25, -0.2) is 0 Å². The number of aliphatic hydroxyl groups is 1. The van der Waals surface area contributed by atoms with Gasteiger partial charge >= 0.3 is 5.97 Å². The van der Waals surface area contributed by atoms with Crippen LogP contribution in [0.15, 0.2) is 23.1 Å². The van der Waals surface area contributed by atoms with Crippen molar-refractivity contribution in [1.82, 2.24) is 0 Å². The van der Waals surface area contributed by atoms with E-state index in [9.17, 15) is 9.90 Å². The number of esters is 1. The number of nitrogens with two attached hydrogens (primary N) is 1. The molecule has 4 nitrogen and oxygen atoms in total.